The summed E-state index contributed by atoms with van der Waals surface area (Å²) in [5.74, 6) is -0.221. The molecule has 0 radical (unpaired) electrons. The summed E-state index contributed by atoms with van der Waals surface area (Å²) in [4.78, 5) is 15.3. The van der Waals surface area contributed by atoms with Gasteiger partial charge >= 0.3 is 0 Å². The van der Waals surface area contributed by atoms with Crippen LogP contribution in [0.25, 0.3) is 0 Å². The molecule has 0 fully saturated rings. The van der Waals surface area contributed by atoms with Crippen LogP contribution in [0.4, 0.5) is 0 Å². The molecule has 8 heteroatoms. The van der Waals surface area contributed by atoms with Gasteiger partial charge in [0.05, 0.1) is 15.2 Å². The number of nitrogens with one attached hydrogen (secondary N) is 1. The minimum Gasteiger partial charge on any atom is -0.337 e. The summed E-state index contributed by atoms with van der Waals surface area (Å²) in [5, 5.41) is 0. The first-order chi connectivity index (χ1) is 11.2. The van der Waals surface area contributed by atoms with Gasteiger partial charge in [-0.25, -0.2) is 13.1 Å². The van der Waals surface area contributed by atoms with Crippen LogP contribution >= 0.6 is 27.3 Å². The van der Waals surface area contributed by atoms with Gasteiger partial charge in [0, 0.05) is 23.5 Å². The van der Waals surface area contributed by atoms with E-state index in [9.17, 15) is 13.2 Å². The molecule has 0 saturated heterocycles. The predicted molar refractivity (Wildman–Crippen MR) is 99.7 cm³/mol. The highest BCUT2D eigenvalue weighted by Gasteiger charge is 2.19. The van der Waals surface area contributed by atoms with E-state index in [1.807, 2.05) is 12.1 Å². The lowest BCUT2D eigenvalue weighted by atomic mass is 10.2. The third-order valence-electron chi connectivity index (χ3n) is 3.15. The molecule has 0 saturated carbocycles. The van der Waals surface area contributed by atoms with E-state index in [1.165, 1.54) is 12.1 Å². The molecule has 0 aliphatic heterocycles. The SMILES string of the molecule is CC(C)NS(=O)(=O)c1cccc(C(=O)N(C)Cc2ccc(Br)s2)c1. The Morgan fingerprint density at radius 3 is 2.58 bits per heavy atom. The lowest BCUT2D eigenvalue weighted by Crippen LogP contribution is -2.31. The maximum atomic E-state index is 12.6. The van der Waals surface area contributed by atoms with Gasteiger partial charge < -0.3 is 4.90 Å². The van der Waals surface area contributed by atoms with Crippen molar-refractivity contribution in [1.29, 1.82) is 0 Å². The number of carbonyl (C=O) groups is 1. The largest absolute Gasteiger partial charge is 0.337 e. The van der Waals surface area contributed by atoms with Crippen LogP contribution < -0.4 is 4.72 Å². The third kappa shape index (κ3) is 4.89. The van der Waals surface area contributed by atoms with Gasteiger partial charge in [0.1, 0.15) is 0 Å². The van der Waals surface area contributed by atoms with Crippen molar-refractivity contribution in [3.05, 3.63) is 50.6 Å². The van der Waals surface area contributed by atoms with Crippen LogP contribution in [0.5, 0.6) is 0 Å². The zero-order valence-electron chi connectivity index (χ0n) is 13.6. The minimum atomic E-state index is -3.62. The van der Waals surface area contributed by atoms with E-state index in [1.54, 1.807) is 49.3 Å². The normalized spacial score (nSPS) is 11.7. The van der Waals surface area contributed by atoms with Gasteiger partial charge in [0.2, 0.25) is 10.0 Å². The van der Waals surface area contributed by atoms with E-state index >= 15 is 0 Å². The predicted octanol–water partition coefficient (Wildman–Crippen LogP) is 3.47. The molecule has 1 heterocycles. The number of hydrogen-bond donors (Lipinski definition) is 1. The summed E-state index contributed by atoms with van der Waals surface area (Å²) in [6.07, 6.45) is 0. The number of sulfonamides is 1. The minimum absolute atomic E-state index is 0.0920. The van der Waals surface area contributed by atoms with Gasteiger partial charge in [0.25, 0.3) is 5.91 Å². The van der Waals surface area contributed by atoms with Crippen molar-refractivity contribution in [2.75, 3.05) is 7.05 Å². The number of halogens is 1. The highest BCUT2D eigenvalue weighted by molar-refractivity contribution is 9.11. The lowest BCUT2D eigenvalue weighted by molar-refractivity contribution is 0.0786. The quantitative estimate of drug-likeness (QED) is 0.762. The van der Waals surface area contributed by atoms with Gasteiger partial charge in [-0.15, -0.1) is 11.3 Å². The first kappa shape index (κ1) is 19.1. The first-order valence-electron chi connectivity index (χ1n) is 7.31. The van der Waals surface area contributed by atoms with Gasteiger partial charge in [0.15, 0.2) is 0 Å². The zero-order chi connectivity index (χ0) is 17.9. The maximum Gasteiger partial charge on any atom is 0.253 e. The number of benzene rings is 1. The monoisotopic (exact) mass is 430 g/mol. The second-order valence-electron chi connectivity index (χ2n) is 5.67. The van der Waals surface area contributed by atoms with E-state index in [2.05, 4.69) is 20.7 Å². The van der Waals surface area contributed by atoms with Crippen LogP contribution in [-0.4, -0.2) is 32.3 Å². The third-order valence-corrected chi connectivity index (χ3v) is 6.42. The Morgan fingerprint density at radius 1 is 1.29 bits per heavy atom. The number of carbonyl (C=O) groups excluding carboxylic acids is 1. The van der Waals surface area contributed by atoms with Gasteiger partial charge in [-0.2, -0.15) is 0 Å². The molecule has 1 aromatic carbocycles. The van der Waals surface area contributed by atoms with Crippen LogP contribution in [0, 0.1) is 0 Å². The Kier molecular flexibility index (Phi) is 6.19. The maximum absolute atomic E-state index is 12.6. The summed E-state index contributed by atoms with van der Waals surface area (Å²) in [7, 11) is -1.92. The fourth-order valence-electron chi connectivity index (χ4n) is 2.14. The van der Waals surface area contributed by atoms with Crippen LogP contribution in [0.2, 0.25) is 0 Å². The van der Waals surface area contributed by atoms with E-state index in [0.717, 1.165) is 8.66 Å². The standard InChI is InChI=1S/C16H19BrN2O3S2/c1-11(2)18-24(21,22)14-6-4-5-12(9-14)16(20)19(3)10-13-7-8-15(17)23-13/h4-9,11,18H,10H2,1-3H3. The topological polar surface area (TPSA) is 66.5 Å². The molecule has 24 heavy (non-hydrogen) atoms. The second-order valence-corrected chi connectivity index (χ2v) is 9.93. The molecule has 0 aliphatic rings. The van der Waals surface area contributed by atoms with Gasteiger partial charge in [-0.3, -0.25) is 4.79 Å². The summed E-state index contributed by atoms with van der Waals surface area (Å²) < 4.78 is 28.0. The summed E-state index contributed by atoms with van der Waals surface area (Å²) >= 11 is 4.96. The molecule has 2 aromatic rings. The Morgan fingerprint density at radius 2 is 2.00 bits per heavy atom. The second kappa shape index (κ2) is 7.77. The van der Waals surface area contributed by atoms with Crippen LogP contribution in [0.15, 0.2) is 45.1 Å². The van der Waals surface area contributed by atoms with E-state index in [0.29, 0.717) is 12.1 Å². The summed E-state index contributed by atoms with van der Waals surface area (Å²) in [6, 6.07) is 9.77. The molecule has 0 spiro atoms. The number of hydrogen-bond acceptors (Lipinski definition) is 4. The average Bonchev–Trinajstić information content (AvgIpc) is 2.90. The zero-order valence-corrected chi connectivity index (χ0v) is 16.8. The van der Waals surface area contributed by atoms with Crippen LogP contribution in [0.3, 0.4) is 0 Å². The average molecular weight is 431 g/mol. The van der Waals surface area contributed by atoms with Gasteiger partial charge in [-0.1, -0.05) is 6.07 Å². The molecular formula is C16H19BrN2O3S2. The molecule has 1 N–H and O–H groups in total. The lowest BCUT2D eigenvalue weighted by Gasteiger charge is -2.17. The molecule has 2 rings (SSSR count). The molecule has 0 atom stereocenters. The smallest absolute Gasteiger partial charge is 0.253 e. The molecule has 0 unspecified atom stereocenters. The molecule has 0 bridgehead atoms. The van der Waals surface area contributed by atoms with Crippen molar-refractivity contribution in [3.63, 3.8) is 0 Å². The molecule has 130 valence electrons. The Hall–Kier alpha value is -1.22. The fraction of sp³-hybridized carbons (Fsp3) is 0.312. The molecular weight excluding hydrogens is 412 g/mol. The molecule has 0 aliphatic carbocycles. The Balaban J connectivity index is 2.19. The van der Waals surface area contributed by atoms with Crippen molar-refractivity contribution in [2.45, 2.75) is 31.3 Å². The Bertz CT molecular complexity index is 831. The van der Waals surface area contributed by atoms with Crippen molar-refractivity contribution in [2.24, 2.45) is 0 Å². The highest BCUT2D eigenvalue weighted by Crippen LogP contribution is 2.23. The van der Waals surface area contributed by atoms with Gasteiger partial charge in [-0.05, 0) is 60.1 Å². The number of rotatable bonds is 6. The first-order valence-corrected chi connectivity index (χ1v) is 10.4. The van der Waals surface area contributed by atoms with Crippen molar-refractivity contribution < 1.29 is 13.2 Å². The van der Waals surface area contributed by atoms with Crippen molar-refractivity contribution in [1.82, 2.24) is 9.62 Å². The summed E-state index contributed by atoms with van der Waals surface area (Å²) in [5.41, 5.74) is 0.347. The number of amides is 1. The highest BCUT2D eigenvalue weighted by atomic mass is 79.9. The number of nitrogens with zero attached hydrogens (tertiary/aromatic N) is 1. The molecule has 1 amide bonds. The summed E-state index contributed by atoms with van der Waals surface area (Å²) in [6.45, 7) is 3.97. The molecule has 1 aromatic heterocycles. The van der Waals surface area contributed by atoms with E-state index in [-0.39, 0.29) is 16.8 Å². The Labute approximate surface area is 154 Å². The fourth-order valence-corrected chi connectivity index (χ4v) is 4.97. The van der Waals surface area contributed by atoms with Crippen molar-refractivity contribution in [3.8, 4) is 0 Å². The number of thiophene rings is 1. The van der Waals surface area contributed by atoms with E-state index < -0.39 is 10.0 Å². The van der Waals surface area contributed by atoms with Crippen LogP contribution in [0.1, 0.15) is 29.1 Å². The molecule has 5 nitrogen and oxygen atoms in total. The van der Waals surface area contributed by atoms with E-state index in [4.69, 9.17) is 0 Å². The van der Waals surface area contributed by atoms with Crippen LogP contribution in [-0.2, 0) is 16.6 Å². The van der Waals surface area contributed by atoms with Crippen molar-refractivity contribution >= 4 is 43.2 Å².